The van der Waals surface area contributed by atoms with E-state index in [1.54, 1.807) is 29.2 Å². The van der Waals surface area contributed by atoms with Crippen LogP contribution in [0.1, 0.15) is 75.9 Å². The van der Waals surface area contributed by atoms with Gasteiger partial charge in [0.05, 0.1) is 37.2 Å². The van der Waals surface area contributed by atoms with Gasteiger partial charge in [-0.1, -0.05) is 6.07 Å². The number of hydrogen-bond donors (Lipinski definition) is 2. The van der Waals surface area contributed by atoms with E-state index in [4.69, 9.17) is 19.3 Å². The Labute approximate surface area is 327 Å². The molecule has 2 N–H and O–H groups in total. The van der Waals surface area contributed by atoms with Gasteiger partial charge in [0.1, 0.15) is 23.2 Å². The lowest BCUT2D eigenvalue weighted by Gasteiger charge is -2.34. The summed E-state index contributed by atoms with van der Waals surface area (Å²) < 4.78 is 58.7. The number of alkyl halides is 3. The highest BCUT2D eigenvalue weighted by atomic mass is 19.4. The van der Waals surface area contributed by atoms with E-state index in [-0.39, 0.29) is 42.6 Å². The zero-order valence-corrected chi connectivity index (χ0v) is 31.7. The van der Waals surface area contributed by atoms with Crippen molar-refractivity contribution in [3.8, 4) is 5.75 Å². The number of halogens is 3. The summed E-state index contributed by atoms with van der Waals surface area (Å²) >= 11 is 0. The molecule has 57 heavy (non-hydrogen) atoms. The standard InChI is InChI=1S/C39H45F3N8O7/c1-55-32-7-6-24(21-31(32)49-17-12-35(51)45-38(49)54)37(53)48-15-10-27(11-16-48)57-19-18-47-13-8-26(9-14-47)50-23-25-20-30(33(56-2)22-29(25)46-50)44-36(52)28-4-3-5-34(43-28)39(40,41)42/h3-7,20-21,23,26-27,33H,8-19,22H2,1-2H3,(H,44,52)(H,45,51,54). The number of benzene rings is 1. The molecule has 5 amide bonds. The third kappa shape index (κ3) is 9.13. The molecule has 5 heterocycles. The predicted molar refractivity (Wildman–Crippen MR) is 199 cm³/mol. The molecule has 4 aliphatic rings. The summed E-state index contributed by atoms with van der Waals surface area (Å²) in [6.07, 6.45) is 2.30. The van der Waals surface area contributed by atoms with Gasteiger partial charge in [-0.15, -0.1) is 0 Å². The fraction of sp³-hybridized carbons (Fsp3) is 0.487. The molecule has 3 aliphatic heterocycles. The van der Waals surface area contributed by atoms with E-state index in [0.717, 1.165) is 55.9 Å². The van der Waals surface area contributed by atoms with Crippen LogP contribution in [0.4, 0.5) is 23.7 Å². The van der Waals surface area contributed by atoms with Crippen LogP contribution < -0.4 is 20.3 Å². The highest BCUT2D eigenvalue weighted by Gasteiger charge is 2.34. The number of methoxy groups -OCH3 is 2. The zero-order chi connectivity index (χ0) is 40.3. The van der Waals surface area contributed by atoms with Crippen molar-refractivity contribution >= 4 is 35.5 Å². The number of pyridine rings is 1. The van der Waals surface area contributed by atoms with E-state index >= 15 is 0 Å². The summed E-state index contributed by atoms with van der Waals surface area (Å²) in [6.45, 7) is 4.39. The molecule has 2 aromatic heterocycles. The van der Waals surface area contributed by atoms with Crippen LogP contribution in [-0.2, 0) is 26.9 Å². The zero-order valence-electron chi connectivity index (χ0n) is 31.7. The Kier molecular flexibility index (Phi) is 11.9. The number of nitrogens with one attached hydrogen (secondary N) is 2. The number of ether oxygens (including phenoxy) is 3. The van der Waals surface area contributed by atoms with Crippen molar-refractivity contribution in [2.75, 3.05) is 65.0 Å². The van der Waals surface area contributed by atoms with Gasteiger partial charge in [0, 0.05) is 82.2 Å². The average molecular weight is 795 g/mol. The van der Waals surface area contributed by atoms with Crippen LogP contribution in [0.3, 0.4) is 0 Å². The van der Waals surface area contributed by atoms with Crippen LogP contribution in [0.25, 0.3) is 6.08 Å². The summed E-state index contributed by atoms with van der Waals surface area (Å²) in [5, 5.41) is 9.85. The summed E-state index contributed by atoms with van der Waals surface area (Å²) in [7, 11) is 2.99. The number of hydrogen-bond acceptors (Lipinski definition) is 10. The van der Waals surface area contributed by atoms with Crippen LogP contribution in [0.15, 0.2) is 48.3 Å². The Hall–Kier alpha value is -5.33. The second-order valence-electron chi connectivity index (χ2n) is 14.5. The molecule has 0 bridgehead atoms. The Balaban J connectivity index is 0.857. The first-order valence-corrected chi connectivity index (χ1v) is 19.0. The number of piperidine rings is 2. The molecule has 1 aromatic carbocycles. The molecule has 3 saturated heterocycles. The molecule has 7 rings (SSSR count). The van der Waals surface area contributed by atoms with E-state index in [1.165, 1.54) is 25.2 Å². The Morgan fingerprint density at radius 1 is 1.00 bits per heavy atom. The number of rotatable bonds is 11. The second-order valence-corrected chi connectivity index (χ2v) is 14.5. The molecule has 1 atom stereocenters. The maximum atomic E-state index is 13.5. The van der Waals surface area contributed by atoms with Crippen molar-refractivity contribution in [2.45, 2.75) is 63.0 Å². The summed E-state index contributed by atoms with van der Waals surface area (Å²) in [5.41, 5.74) is 1.46. The number of urea groups is 1. The van der Waals surface area contributed by atoms with Gasteiger partial charge in [-0.25, -0.2) is 9.78 Å². The lowest BCUT2D eigenvalue weighted by molar-refractivity contribution is -0.141. The SMILES string of the molecule is COc1ccc(C(=O)N2CCC(OCCN3CCC(n4cc5c(n4)CC(OC)C(NC(=O)c4cccc(C(F)(F)F)n4)=C5)CC3)CC2)cc1N1CCC(=O)NC1=O. The molecular weight excluding hydrogens is 749 g/mol. The largest absolute Gasteiger partial charge is 0.495 e. The average Bonchev–Trinajstić information content (AvgIpc) is 3.63. The first-order chi connectivity index (χ1) is 27.4. The molecule has 1 aliphatic carbocycles. The summed E-state index contributed by atoms with van der Waals surface area (Å²) in [5.74, 6) is -0.800. The van der Waals surface area contributed by atoms with Crippen LogP contribution in [-0.4, -0.2) is 121 Å². The molecule has 0 saturated carbocycles. The van der Waals surface area contributed by atoms with E-state index in [1.807, 2.05) is 10.9 Å². The van der Waals surface area contributed by atoms with E-state index < -0.39 is 29.9 Å². The maximum absolute atomic E-state index is 13.5. The first-order valence-electron chi connectivity index (χ1n) is 19.0. The smallest absolute Gasteiger partial charge is 0.433 e. The number of nitrogens with zero attached hydrogens (tertiary/aromatic N) is 6. The maximum Gasteiger partial charge on any atom is 0.433 e. The number of imide groups is 1. The lowest BCUT2D eigenvalue weighted by atomic mass is 9.99. The van der Waals surface area contributed by atoms with Crippen LogP contribution in [0, 0.1) is 0 Å². The van der Waals surface area contributed by atoms with Crippen molar-refractivity contribution in [3.63, 3.8) is 0 Å². The molecule has 15 nitrogen and oxygen atoms in total. The van der Waals surface area contributed by atoms with Gasteiger partial charge >= 0.3 is 12.2 Å². The van der Waals surface area contributed by atoms with Gasteiger partial charge < -0.3 is 29.3 Å². The number of fused-ring (bicyclic) bond motifs is 1. The lowest BCUT2D eigenvalue weighted by Crippen LogP contribution is -2.49. The van der Waals surface area contributed by atoms with Crippen molar-refractivity contribution < 1.29 is 46.6 Å². The second kappa shape index (κ2) is 17.0. The molecule has 3 fully saturated rings. The minimum Gasteiger partial charge on any atom is -0.495 e. The van der Waals surface area contributed by atoms with Gasteiger partial charge in [-0.3, -0.25) is 29.3 Å². The van der Waals surface area contributed by atoms with E-state index in [0.29, 0.717) is 61.7 Å². The van der Waals surface area contributed by atoms with Gasteiger partial charge in [-0.05, 0) is 62.1 Å². The number of likely N-dealkylation sites (tertiary alicyclic amines) is 2. The molecule has 0 spiro atoms. The quantitative estimate of drug-likeness (QED) is 0.290. The molecular formula is C39H45F3N8O7. The fourth-order valence-corrected chi connectivity index (χ4v) is 7.69. The minimum absolute atomic E-state index is 0.0444. The highest BCUT2D eigenvalue weighted by molar-refractivity contribution is 6.07. The van der Waals surface area contributed by atoms with Crippen molar-refractivity contribution in [3.05, 3.63) is 76.5 Å². The predicted octanol–water partition coefficient (Wildman–Crippen LogP) is 4.05. The van der Waals surface area contributed by atoms with Crippen molar-refractivity contribution in [2.24, 2.45) is 0 Å². The molecule has 304 valence electrons. The van der Waals surface area contributed by atoms with Crippen LogP contribution in [0.2, 0.25) is 0 Å². The molecule has 0 radical (unpaired) electrons. The van der Waals surface area contributed by atoms with Crippen LogP contribution >= 0.6 is 0 Å². The monoisotopic (exact) mass is 794 g/mol. The summed E-state index contributed by atoms with van der Waals surface area (Å²) in [6, 6.07) is 7.83. The fourth-order valence-electron chi connectivity index (χ4n) is 7.69. The van der Waals surface area contributed by atoms with Gasteiger partial charge in [0.25, 0.3) is 11.8 Å². The molecule has 1 unspecified atom stereocenters. The molecule has 3 aromatic rings. The Bertz CT molecular complexity index is 2020. The third-order valence-electron chi connectivity index (χ3n) is 10.9. The first kappa shape index (κ1) is 39.9. The number of amides is 5. The highest BCUT2D eigenvalue weighted by Crippen LogP contribution is 2.33. The topological polar surface area (TPSA) is 160 Å². The number of carbonyl (C=O) groups excluding carboxylic acids is 4. The van der Waals surface area contributed by atoms with E-state index in [9.17, 15) is 32.3 Å². The van der Waals surface area contributed by atoms with Gasteiger partial charge in [0.2, 0.25) is 5.91 Å². The van der Waals surface area contributed by atoms with Gasteiger partial charge in [-0.2, -0.15) is 18.3 Å². The van der Waals surface area contributed by atoms with Crippen LogP contribution in [0.5, 0.6) is 5.75 Å². The van der Waals surface area contributed by atoms with E-state index in [2.05, 4.69) is 20.5 Å². The van der Waals surface area contributed by atoms with Crippen molar-refractivity contribution in [1.82, 2.24) is 35.2 Å². The normalized spacial score (nSPS) is 19.9. The van der Waals surface area contributed by atoms with Crippen molar-refractivity contribution in [1.29, 1.82) is 0 Å². The Morgan fingerprint density at radius 2 is 1.77 bits per heavy atom. The molecule has 18 heteroatoms. The third-order valence-corrected chi connectivity index (χ3v) is 10.9. The number of anilines is 1. The number of carbonyl (C=O) groups is 4. The summed E-state index contributed by atoms with van der Waals surface area (Å²) in [4.78, 5) is 59.5. The minimum atomic E-state index is -4.67. The number of aromatic nitrogens is 3. The van der Waals surface area contributed by atoms with Gasteiger partial charge in [0.15, 0.2) is 0 Å². The Morgan fingerprint density at radius 3 is 2.47 bits per heavy atom.